The smallest absolute Gasteiger partial charge is 0.339 e. The first kappa shape index (κ1) is 20.9. The van der Waals surface area contributed by atoms with Crippen molar-refractivity contribution in [3.63, 3.8) is 0 Å². The summed E-state index contributed by atoms with van der Waals surface area (Å²) in [6.45, 7) is 1.98. The van der Waals surface area contributed by atoms with Crippen molar-refractivity contribution in [2.75, 3.05) is 13.2 Å². The molecule has 0 heterocycles. The van der Waals surface area contributed by atoms with Gasteiger partial charge < -0.3 is 19.7 Å². The Bertz CT molecular complexity index is 757. The molecule has 1 rings (SSSR count). The number of carbonyl (C=O) groups excluding carboxylic acids is 2. The number of carboxylic acid groups (broad SMARTS) is 2. The molecule has 2 N–H and O–H groups in total. The van der Waals surface area contributed by atoms with Gasteiger partial charge in [0.05, 0.1) is 18.8 Å². The maximum atomic E-state index is 14.6. The van der Waals surface area contributed by atoms with Crippen LogP contribution in [0.4, 0.5) is 13.2 Å². The van der Waals surface area contributed by atoms with E-state index in [1.165, 1.54) is 13.8 Å². The van der Waals surface area contributed by atoms with Gasteiger partial charge in [0.1, 0.15) is 16.9 Å². The molecule has 0 aliphatic heterocycles. The van der Waals surface area contributed by atoms with Gasteiger partial charge in [-0.2, -0.15) is 0 Å². The zero-order valence-electron chi connectivity index (χ0n) is 13.5. The fourth-order valence-electron chi connectivity index (χ4n) is 2.12. The lowest BCUT2D eigenvalue weighted by Crippen LogP contribution is -2.30. The summed E-state index contributed by atoms with van der Waals surface area (Å²) in [5, 5.41) is 17.8. The number of carboxylic acids is 2. The zero-order chi connectivity index (χ0) is 20.2. The molecule has 0 amide bonds. The number of ether oxygens (including phenoxy) is 2. The van der Waals surface area contributed by atoms with Gasteiger partial charge in [-0.1, -0.05) is 0 Å². The van der Waals surface area contributed by atoms with Gasteiger partial charge in [0.25, 0.3) is 0 Å². The van der Waals surface area contributed by atoms with Crippen LogP contribution >= 0.6 is 0 Å². The lowest BCUT2D eigenvalue weighted by atomic mass is 9.92. The number of rotatable bonds is 7. The van der Waals surface area contributed by atoms with Crippen molar-refractivity contribution in [3.05, 3.63) is 34.1 Å². The molecule has 0 unspecified atom stereocenters. The Labute approximate surface area is 144 Å². The van der Waals surface area contributed by atoms with Crippen molar-refractivity contribution in [1.29, 1.82) is 0 Å². The number of hydrogen-bond acceptors (Lipinski definition) is 6. The van der Waals surface area contributed by atoms with Crippen LogP contribution < -0.4 is 0 Å². The monoisotopic (exact) mass is 378 g/mol. The molecule has 11 heteroatoms. The summed E-state index contributed by atoms with van der Waals surface area (Å²) >= 11 is 0. The second kappa shape index (κ2) is 8.32. The van der Waals surface area contributed by atoms with Gasteiger partial charge in [0, 0.05) is 0 Å². The third-order valence-corrected chi connectivity index (χ3v) is 3.12. The van der Waals surface area contributed by atoms with Crippen LogP contribution in [0.15, 0.2) is 0 Å². The molecule has 26 heavy (non-hydrogen) atoms. The molecule has 0 bridgehead atoms. The molecule has 142 valence electrons. The topological polar surface area (TPSA) is 127 Å². The van der Waals surface area contributed by atoms with E-state index in [2.05, 4.69) is 9.47 Å². The number of aromatic carboxylic acids is 2. The number of carbonyl (C=O) groups is 4. The average Bonchev–Trinajstić information content (AvgIpc) is 2.54. The fraction of sp³-hybridized carbons (Fsp3) is 0.333. The van der Waals surface area contributed by atoms with Crippen LogP contribution in [-0.4, -0.2) is 47.3 Å². The van der Waals surface area contributed by atoms with Gasteiger partial charge >= 0.3 is 23.9 Å². The van der Waals surface area contributed by atoms with E-state index in [0.717, 1.165) is 0 Å². The van der Waals surface area contributed by atoms with E-state index in [1.54, 1.807) is 0 Å². The highest BCUT2D eigenvalue weighted by molar-refractivity contribution is 6.05. The number of hydrogen-bond donors (Lipinski definition) is 2. The first-order valence-corrected chi connectivity index (χ1v) is 7.10. The van der Waals surface area contributed by atoms with Crippen molar-refractivity contribution in [2.45, 2.75) is 19.8 Å². The van der Waals surface area contributed by atoms with Gasteiger partial charge in [0.15, 0.2) is 17.6 Å². The maximum absolute atomic E-state index is 14.6. The molecule has 0 aliphatic carbocycles. The second-order valence-corrected chi connectivity index (χ2v) is 4.65. The van der Waals surface area contributed by atoms with Gasteiger partial charge in [-0.3, -0.25) is 9.59 Å². The minimum atomic E-state index is -2.48. The molecular weight excluding hydrogens is 365 g/mol. The lowest BCUT2D eigenvalue weighted by Gasteiger charge is -2.18. The van der Waals surface area contributed by atoms with E-state index in [-0.39, 0.29) is 13.2 Å². The van der Waals surface area contributed by atoms with Crippen molar-refractivity contribution in [1.82, 2.24) is 0 Å². The van der Waals surface area contributed by atoms with Gasteiger partial charge in [-0.05, 0) is 13.8 Å². The third kappa shape index (κ3) is 3.76. The second-order valence-electron chi connectivity index (χ2n) is 4.65. The molecule has 0 atom stereocenters. The van der Waals surface area contributed by atoms with Crippen LogP contribution in [0, 0.1) is 17.5 Å². The normalized spacial score (nSPS) is 10.5. The molecule has 1 aromatic rings. The molecule has 0 aliphatic rings. The van der Waals surface area contributed by atoms with Crippen molar-refractivity contribution < 1.29 is 52.0 Å². The Balaban J connectivity index is 3.87. The molecular formula is C15H13F3O8. The highest BCUT2D eigenvalue weighted by Crippen LogP contribution is 2.32. The molecule has 1 aromatic carbocycles. The Kier molecular flexibility index (Phi) is 6.70. The van der Waals surface area contributed by atoms with Gasteiger partial charge in [-0.25, -0.2) is 22.8 Å². The summed E-state index contributed by atoms with van der Waals surface area (Å²) in [5.41, 5.74) is -5.14. The van der Waals surface area contributed by atoms with E-state index >= 15 is 0 Å². The largest absolute Gasteiger partial charge is 0.478 e. The lowest BCUT2D eigenvalue weighted by molar-refractivity contribution is -0.157. The van der Waals surface area contributed by atoms with Crippen molar-refractivity contribution >= 4 is 23.9 Å². The summed E-state index contributed by atoms with van der Waals surface area (Å²) < 4.78 is 51.9. The van der Waals surface area contributed by atoms with E-state index in [1.807, 2.05) is 0 Å². The Morgan fingerprint density at radius 3 is 1.54 bits per heavy atom. The van der Waals surface area contributed by atoms with E-state index in [4.69, 9.17) is 10.2 Å². The molecule has 0 saturated heterocycles. The molecule has 0 radical (unpaired) electrons. The summed E-state index contributed by atoms with van der Waals surface area (Å²) in [4.78, 5) is 46.0. The number of benzene rings is 1. The van der Waals surface area contributed by atoms with Crippen LogP contribution in [0.2, 0.25) is 0 Å². The number of esters is 2. The zero-order valence-corrected chi connectivity index (χ0v) is 13.5. The predicted octanol–water partition coefficient (Wildman–Crippen LogP) is 1.71. The number of halogens is 3. The van der Waals surface area contributed by atoms with Crippen molar-refractivity contribution in [3.8, 4) is 0 Å². The van der Waals surface area contributed by atoms with E-state index in [9.17, 15) is 32.3 Å². The van der Waals surface area contributed by atoms with Crippen LogP contribution in [0.25, 0.3) is 0 Å². The first-order chi connectivity index (χ1) is 12.1. The van der Waals surface area contributed by atoms with Crippen molar-refractivity contribution in [2.24, 2.45) is 0 Å². The highest BCUT2D eigenvalue weighted by Gasteiger charge is 2.42. The maximum Gasteiger partial charge on any atom is 0.339 e. The molecule has 0 fully saturated rings. The Morgan fingerprint density at radius 2 is 1.19 bits per heavy atom. The van der Waals surface area contributed by atoms with E-state index in [0.29, 0.717) is 0 Å². The molecule has 0 spiro atoms. The minimum absolute atomic E-state index is 0.320. The average molecular weight is 378 g/mol. The Hall–Kier alpha value is -3.11. The van der Waals surface area contributed by atoms with Gasteiger partial charge in [0.2, 0.25) is 0 Å². The molecule has 0 aromatic heterocycles. The molecule has 8 nitrogen and oxygen atoms in total. The quantitative estimate of drug-likeness (QED) is 0.417. The Morgan fingerprint density at radius 1 is 0.808 bits per heavy atom. The van der Waals surface area contributed by atoms with Crippen LogP contribution in [0.5, 0.6) is 0 Å². The molecule has 0 saturated carbocycles. The van der Waals surface area contributed by atoms with Gasteiger partial charge in [-0.15, -0.1) is 0 Å². The third-order valence-electron chi connectivity index (χ3n) is 3.12. The van der Waals surface area contributed by atoms with Crippen LogP contribution in [-0.2, 0) is 19.1 Å². The fourth-order valence-corrected chi connectivity index (χ4v) is 2.12. The van der Waals surface area contributed by atoms with Crippen LogP contribution in [0.1, 0.15) is 46.0 Å². The summed E-state index contributed by atoms with van der Waals surface area (Å²) in [7, 11) is 0. The standard InChI is InChI=1S/C15H13F3O8/c1-3-25-14(23)8(15(24)26-4-2)5-9(16)6(12(19)20)7(13(21)22)11(18)10(5)17/h8H,3-4H2,1-2H3,(H,19,20)(H,21,22). The summed E-state index contributed by atoms with van der Waals surface area (Å²) in [6.07, 6.45) is 0. The predicted molar refractivity (Wildman–Crippen MR) is 76.2 cm³/mol. The van der Waals surface area contributed by atoms with E-state index < -0.39 is 63.9 Å². The first-order valence-electron chi connectivity index (χ1n) is 7.10. The van der Waals surface area contributed by atoms with Crippen LogP contribution in [0.3, 0.4) is 0 Å². The highest BCUT2D eigenvalue weighted by atomic mass is 19.2. The summed E-state index contributed by atoms with van der Waals surface area (Å²) in [6, 6.07) is 0. The summed E-state index contributed by atoms with van der Waals surface area (Å²) in [5.74, 6) is -16.6. The SMILES string of the molecule is CCOC(=O)C(C(=O)OCC)c1c(F)c(F)c(C(=O)O)c(C(=O)O)c1F. The minimum Gasteiger partial charge on any atom is -0.478 e.